The van der Waals surface area contributed by atoms with Gasteiger partial charge in [0.1, 0.15) is 0 Å². The molecule has 2 rings (SSSR count). The summed E-state index contributed by atoms with van der Waals surface area (Å²) in [6.07, 6.45) is 6.38. The highest BCUT2D eigenvalue weighted by molar-refractivity contribution is 5.90. The summed E-state index contributed by atoms with van der Waals surface area (Å²) >= 11 is 0. The van der Waals surface area contributed by atoms with Crippen molar-refractivity contribution >= 4 is 23.8 Å². The maximum Gasteiger partial charge on any atom is 0.328 e. The van der Waals surface area contributed by atoms with Gasteiger partial charge >= 0.3 is 12.0 Å². The number of hydrogen-bond donors (Lipinski definition) is 2. The second-order valence-electron chi connectivity index (χ2n) is 4.90. The summed E-state index contributed by atoms with van der Waals surface area (Å²) in [6, 6.07) is 7.19. The van der Waals surface area contributed by atoms with E-state index < -0.39 is 5.97 Å². The third-order valence-electron chi connectivity index (χ3n) is 3.15. The zero-order valence-corrected chi connectivity index (χ0v) is 11.7. The van der Waals surface area contributed by atoms with Crippen molar-refractivity contribution in [2.75, 3.05) is 11.9 Å². The summed E-state index contributed by atoms with van der Waals surface area (Å²) < 4.78 is 0. The van der Waals surface area contributed by atoms with Gasteiger partial charge in [0.05, 0.1) is 0 Å². The SMILES string of the molecule is C=CCN(C(=O)Nc1ccc(/C=C/C(=O)O)cc1)C1CC1. The van der Waals surface area contributed by atoms with Crippen LogP contribution in [-0.4, -0.2) is 34.6 Å². The Kier molecular flexibility index (Phi) is 4.77. The minimum Gasteiger partial charge on any atom is -0.478 e. The van der Waals surface area contributed by atoms with Gasteiger partial charge in [-0.05, 0) is 36.6 Å². The zero-order chi connectivity index (χ0) is 15.2. The molecule has 1 aliphatic rings. The minimum atomic E-state index is -0.989. The predicted molar refractivity (Wildman–Crippen MR) is 82.1 cm³/mol. The Labute approximate surface area is 123 Å². The highest BCUT2D eigenvalue weighted by Crippen LogP contribution is 2.27. The number of nitrogens with zero attached hydrogens (tertiary/aromatic N) is 1. The van der Waals surface area contributed by atoms with Crippen molar-refractivity contribution in [1.29, 1.82) is 0 Å². The van der Waals surface area contributed by atoms with Gasteiger partial charge < -0.3 is 15.3 Å². The topological polar surface area (TPSA) is 69.6 Å². The average Bonchev–Trinajstić information content (AvgIpc) is 3.28. The Morgan fingerprint density at radius 3 is 2.52 bits per heavy atom. The Hall–Kier alpha value is -2.56. The quantitative estimate of drug-likeness (QED) is 0.624. The molecule has 0 radical (unpaired) electrons. The number of nitrogens with one attached hydrogen (secondary N) is 1. The van der Waals surface area contributed by atoms with Crippen molar-refractivity contribution in [2.24, 2.45) is 0 Å². The molecule has 1 aromatic rings. The highest BCUT2D eigenvalue weighted by atomic mass is 16.4. The molecule has 0 unspecified atom stereocenters. The van der Waals surface area contributed by atoms with Crippen molar-refractivity contribution in [2.45, 2.75) is 18.9 Å². The van der Waals surface area contributed by atoms with Gasteiger partial charge in [0.25, 0.3) is 0 Å². The molecular weight excluding hydrogens is 268 g/mol. The van der Waals surface area contributed by atoms with E-state index in [2.05, 4.69) is 11.9 Å². The van der Waals surface area contributed by atoms with Crippen LogP contribution in [-0.2, 0) is 4.79 Å². The number of carbonyl (C=O) groups is 2. The number of rotatable bonds is 6. The first-order chi connectivity index (χ1) is 10.1. The van der Waals surface area contributed by atoms with Crippen LogP contribution in [0.5, 0.6) is 0 Å². The molecule has 0 spiro atoms. The van der Waals surface area contributed by atoms with E-state index in [-0.39, 0.29) is 6.03 Å². The summed E-state index contributed by atoms with van der Waals surface area (Å²) in [6.45, 7) is 4.21. The van der Waals surface area contributed by atoms with Crippen LogP contribution in [0.3, 0.4) is 0 Å². The monoisotopic (exact) mass is 286 g/mol. The molecule has 5 nitrogen and oxygen atoms in total. The highest BCUT2D eigenvalue weighted by Gasteiger charge is 2.31. The van der Waals surface area contributed by atoms with Crippen molar-refractivity contribution in [3.63, 3.8) is 0 Å². The van der Waals surface area contributed by atoms with Gasteiger partial charge in [-0.2, -0.15) is 0 Å². The maximum absolute atomic E-state index is 12.2. The molecule has 1 aromatic carbocycles. The Balaban J connectivity index is 1.97. The number of aliphatic carboxylic acids is 1. The zero-order valence-electron chi connectivity index (χ0n) is 11.7. The number of amides is 2. The van der Waals surface area contributed by atoms with Gasteiger partial charge in [-0.1, -0.05) is 18.2 Å². The molecule has 1 fully saturated rings. The lowest BCUT2D eigenvalue weighted by Crippen LogP contribution is -2.36. The second kappa shape index (κ2) is 6.74. The molecule has 0 saturated heterocycles. The summed E-state index contributed by atoms with van der Waals surface area (Å²) in [5, 5.41) is 11.4. The van der Waals surface area contributed by atoms with Crippen LogP contribution in [0.2, 0.25) is 0 Å². The van der Waals surface area contributed by atoms with Crippen LogP contribution in [0.4, 0.5) is 10.5 Å². The lowest BCUT2D eigenvalue weighted by atomic mass is 10.2. The number of hydrogen-bond acceptors (Lipinski definition) is 2. The van der Waals surface area contributed by atoms with Crippen molar-refractivity contribution in [3.8, 4) is 0 Å². The van der Waals surface area contributed by atoms with E-state index in [1.807, 2.05) is 0 Å². The Morgan fingerprint density at radius 1 is 1.33 bits per heavy atom. The summed E-state index contributed by atoms with van der Waals surface area (Å²) in [5.74, 6) is -0.989. The molecule has 0 aromatic heterocycles. The van der Waals surface area contributed by atoms with Crippen LogP contribution in [0, 0.1) is 0 Å². The van der Waals surface area contributed by atoms with Gasteiger partial charge in [-0.15, -0.1) is 6.58 Å². The fourth-order valence-electron chi connectivity index (χ4n) is 1.96. The summed E-state index contributed by atoms with van der Waals surface area (Å²) in [5.41, 5.74) is 1.45. The molecular formula is C16H18N2O3. The fourth-order valence-corrected chi connectivity index (χ4v) is 1.96. The number of benzene rings is 1. The Bertz CT molecular complexity index is 559. The van der Waals surface area contributed by atoms with Gasteiger partial charge in [-0.3, -0.25) is 0 Å². The second-order valence-corrected chi connectivity index (χ2v) is 4.90. The number of urea groups is 1. The van der Waals surface area contributed by atoms with Crippen LogP contribution in [0.25, 0.3) is 6.08 Å². The number of carboxylic acid groups (broad SMARTS) is 1. The number of carboxylic acids is 1. The van der Waals surface area contributed by atoms with E-state index in [0.717, 1.165) is 24.5 Å². The van der Waals surface area contributed by atoms with Crippen LogP contribution in [0.15, 0.2) is 43.0 Å². The Morgan fingerprint density at radius 2 is 2.00 bits per heavy atom. The molecule has 2 N–H and O–H groups in total. The van der Waals surface area contributed by atoms with Gasteiger partial charge in [0.15, 0.2) is 0 Å². The molecule has 0 aliphatic heterocycles. The van der Waals surface area contributed by atoms with E-state index in [1.165, 1.54) is 6.08 Å². The van der Waals surface area contributed by atoms with Gasteiger partial charge in [0, 0.05) is 24.4 Å². The molecule has 1 saturated carbocycles. The normalized spacial score (nSPS) is 13.9. The molecule has 110 valence electrons. The van der Waals surface area contributed by atoms with Crippen molar-refractivity contribution < 1.29 is 14.7 Å². The van der Waals surface area contributed by atoms with E-state index >= 15 is 0 Å². The van der Waals surface area contributed by atoms with Crippen LogP contribution < -0.4 is 5.32 Å². The molecule has 2 amide bonds. The number of anilines is 1. The molecule has 1 aliphatic carbocycles. The number of carbonyl (C=O) groups excluding carboxylic acids is 1. The van der Waals surface area contributed by atoms with Gasteiger partial charge in [-0.25, -0.2) is 9.59 Å². The molecule has 0 atom stereocenters. The summed E-state index contributed by atoms with van der Waals surface area (Å²) in [4.78, 5) is 24.4. The first-order valence-corrected chi connectivity index (χ1v) is 6.79. The van der Waals surface area contributed by atoms with E-state index in [0.29, 0.717) is 18.3 Å². The van der Waals surface area contributed by atoms with E-state index in [1.54, 1.807) is 35.2 Å². The maximum atomic E-state index is 12.2. The smallest absolute Gasteiger partial charge is 0.328 e. The first-order valence-electron chi connectivity index (χ1n) is 6.79. The fraction of sp³-hybridized carbons (Fsp3) is 0.250. The third-order valence-corrected chi connectivity index (χ3v) is 3.15. The molecule has 0 bridgehead atoms. The van der Waals surface area contributed by atoms with E-state index in [9.17, 15) is 9.59 Å². The molecule has 5 heteroatoms. The van der Waals surface area contributed by atoms with Crippen LogP contribution in [0.1, 0.15) is 18.4 Å². The predicted octanol–water partition coefficient (Wildman–Crippen LogP) is 2.97. The largest absolute Gasteiger partial charge is 0.478 e. The van der Waals surface area contributed by atoms with Crippen molar-refractivity contribution in [1.82, 2.24) is 4.90 Å². The average molecular weight is 286 g/mol. The summed E-state index contributed by atoms with van der Waals surface area (Å²) in [7, 11) is 0. The minimum absolute atomic E-state index is 0.133. The third kappa shape index (κ3) is 4.49. The standard InChI is InChI=1S/C16H18N2O3/c1-2-11-18(14-8-9-14)16(21)17-13-6-3-12(4-7-13)5-10-15(19)20/h2-7,10,14H,1,8-9,11H2,(H,17,21)(H,19,20)/b10-5+. The van der Waals surface area contributed by atoms with Gasteiger partial charge in [0.2, 0.25) is 0 Å². The first kappa shape index (κ1) is 14.8. The lowest BCUT2D eigenvalue weighted by molar-refractivity contribution is -0.131. The lowest BCUT2D eigenvalue weighted by Gasteiger charge is -2.21. The molecule has 21 heavy (non-hydrogen) atoms. The van der Waals surface area contributed by atoms with E-state index in [4.69, 9.17) is 5.11 Å². The van der Waals surface area contributed by atoms with Crippen molar-refractivity contribution in [3.05, 3.63) is 48.6 Å². The van der Waals surface area contributed by atoms with Crippen LogP contribution >= 0.6 is 0 Å². The molecule has 0 heterocycles.